The Labute approximate surface area is 199 Å². The van der Waals surface area contributed by atoms with Gasteiger partial charge in [-0.15, -0.1) is 0 Å². The summed E-state index contributed by atoms with van der Waals surface area (Å²) in [6.45, 7) is 1.55. The number of rotatable bonds is 7. The Balaban J connectivity index is 1.46. The van der Waals surface area contributed by atoms with Gasteiger partial charge >= 0.3 is 5.97 Å². The third kappa shape index (κ3) is 4.96. The van der Waals surface area contributed by atoms with Gasteiger partial charge < -0.3 is 20.5 Å². The van der Waals surface area contributed by atoms with Gasteiger partial charge in [0, 0.05) is 34.6 Å². The zero-order chi connectivity index (χ0) is 25.1. The molecule has 1 heterocycles. The number of hydrogen-bond acceptors (Lipinski definition) is 5. The Hall–Kier alpha value is -4.72. The molecular formula is C27H22N2O6. The summed E-state index contributed by atoms with van der Waals surface area (Å²) in [5.41, 5.74) is 1.55. The first-order valence-corrected chi connectivity index (χ1v) is 10.8. The highest BCUT2D eigenvalue weighted by molar-refractivity contribution is 5.99. The Kier molecular flexibility index (Phi) is 6.46. The standard InChI is InChI=1S/C27H22N2O6/c1-15(29-26(33)18-8-9-19(24(31)13-18)17-5-3-2-4-6-17)23(30)12-16-7-10-22-20(11-16)25(32)21(14-28-22)27(34)35/h2-11,13-15,31H,12H2,1H3,(H,28,32)(H,29,33)(H,34,35)/t15-/m0/s1. The van der Waals surface area contributed by atoms with E-state index in [9.17, 15) is 24.3 Å². The van der Waals surface area contributed by atoms with Gasteiger partial charge in [0.2, 0.25) is 5.43 Å². The fourth-order valence-corrected chi connectivity index (χ4v) is 3.78. The molecule has 4 N–H and O–H groups in total. The van der Waals surface area contributed by atoms with Crippen LogP contribution in [0.1, 0.15) is 33.2 Å². The summed E-state index contributed by atoms with van der Waals surface area (Å²) in [6.07, 6.45) is 1.08. The summed E-state index contributed by atoms with van der Waals surface area (Å²) in [6, 6.07) is 17.7. The predicted octanol–water partition coefficient (Wildman–Crippen LogP) is 3.53. The molecule has 35 heavy (non-hydrogen) atoms. The minimum absolute atomic E-state index is 0.0510. The number of carbonyl (C=O) groups excluding carboxylic acids is 2. The molecule has 176 valence electrons. The highest BCUT2D eigenvalue weighted by atomic mass is 16.4. The van der Waals surface area contributed by atoms with Crippen molar-refractivity contribution >= 4 is 28.6 Å². The maximum absolute atomic E-state index is 12.7. The molecular weight excluding hydrogens is 448 g/mol. The van der Waals surface area contributed by atoms with Crippen LogP contribution in [0.3, 0.4) is 0 Å². The van der Waals surface area contributed by atoms with E-state index in [4.69, 9.17) is 5.11 Å². The van der Waals surface area contributed by atoms with Gasteiger partial charge in [0.15, 0.2) is 5.78 Å². The number of aromatic amines is 1. The topological polar surface area (TPSA) is 137 Å². The molecule has 0 fully saturated rings. The molecule has 0 spiro atoms. The van der Waals surface area contributed by atoms with E-state index in [1.165, 1.54) is 12.1 Å². The van der Waals surface area contributed by atoms with Gasteiger partial charge in [0.1, 0.15) is 11.3 Å². The number of phenolic OH excluding ortho intramolecular Hbond substituents is 1. The molecule has 8 heteroatoms. The molecule has 0 aliphatic carbocycles. The number of fused-ring (bicyclic) bond motifs is 1. The molecule has 0 aliphatic heterocycles. The van der Waals surface area contributed by atoms with Crippen LogP contribution in [-0.2, 0) is 11.2 Å². The Morgan fingerprint density at radius 2 is 1.74 bits per heavy atom. The van der Waals surface area contributed by atoms with Crippen LogP contribution in [0.25, 0.3) is 22.0 Å². The molecule has 0 aliphatic rings. The van der Waals surface area contributed by atoms with Gasteiger partial charge in [-0.1, -0.05) is 36.4 Å². The molecule has 0 radical (unpaired) electrons. The van der Waals surface area contributed by atoms with E-state index in [0.29, 0.717) is 16.6 Å². The number of pyridine rings is 1. The monoisotopic (exact) mass is 470 g/mol. The molecule has 3 aromatic carbocycles. The highest BCUT2D eigenvalue weighted by Gasteiger charge is 2.19. The SMILES string of the molecule is C[C@H](NC(=O)c1ccc(-c2ccccc2)c(O)c1)C(=O)Cc1ccc2[nH]cc(C(=O)O)c(=O)c2c1. The molecule has 1 amide bonds. The number of aromatic carboxylic acids is 1. The van der Waals surface area contributed by atoms with Crippen molar-refractivity contribution in [2.75, 3.05) is 0 Å². The summed E-state index contributed by atoms with van der Waals surface area (Å²) < 4.78 is 0. The number of carboxylic acid groups (broad SMARTS) is 1. The van der Waals surface area contributed by atoms with Crippen molar-refractivity contribution in [3.8, 4) is 16.9 Å². The fourth-order valence-electron chi connectivity index (χ4n) is 3.78. The second-order valence-corrected chi connectivity index (χ2v) is 8.15. The largest absolute Gasteiger partial charge is 0.507 e. The van der Waals surface area contributed by atoms with Crippen LogP contribution in [-0.4, -0.2) is 38.9 Å². The molecule has 0 saturated carbocycles. The van der Waals surface area contributed by atoms with Crippen molar-refractivity contribution < 1.29 is 24.6 Å². The smallest absolute Gasteiger partial charge is 0.341 e. The number of phenols is 1. The summed E-state index contributed by atoms with van der Waals surface area (Å²) in [5.74, 6) is -2.20. The van der Waals surface area contributed by atoms with Crippen LogP contribution in [0.4, 0.5) is 0 Å². The van der Waals surface area contributed by atoms with Crippen molar-refractivity contribution in [2.45, 2.75) is 19.4 Å². The second-order valence-electron chi connectivity index (χ2n) is 8.15. The van der Waals surface area contributed by atoms with Crippen LogP contribution < -0.4 is 10.7 Å². The normalized spacial score (nSPS) is 11.7. The maximum atomic E-state index is 12.7. The van der Waals surface area contributed by atoms with Crippen molar-refractivity contribution in [2.24, 2.45) is 0 Å². The Morgan fingerprint density at radius 1 is 1.00 bits per heavy atom. The quantitative estimate of drug-likeness (QED) is 0.326. The van der Waals surface area contributed by atoms with E-state index >= 15 is 0 Å². The zero-order valence-electron chi connectivity index (χ0n) is 18.7. The molecule has 8 nitrogen and oxygen atoms in total. The third-order valence-corrected chi connectivity index (χ3v) is 5.73. The van der Waals surface area contributed by atoms with Crippen molar-refractivity contribution in [1.82, 2.24) is 10.3 Å². The van der Waals surface area contributed by atoms with E-state index < -0.39 is 23.3 Å². The molecule has 1 atom stereocenters. The molecule has 0 bridgehead atoms. The second kappa shape index (κ2) is 9.64. The van der Waals surface area contributed by atoms with E-state index in [1.807, 2.05) is 30.3 Å². The van der Waals surface area contributed by atoms with Crippen LogP contribution >= 0.6 is 0 Å². The average molecular weight is 470 g/mol. The molecule has 0 saturated heterocycles. The Bertz CT molecular complexity index is 1510. The lowest BCUT2D eigenvalue weighted by Gasteiger charge is -2.14. The lowest BCUT2D eigenvalue weighted by atomic mass is 10.0. The van der Waals surface area contributed by atoms with Crippen molar-refractivity contribution in [3.63, 3.8) is 0 Å². The van der Waals surface area contributed by atoms with Crippen LogP contribution in [0.5, 0.6) is 5.75 Å². The van der Waals surface area contributed by atoms with E-state index in [0.717, 1.165) is 11.8 Å². The van der Waals surface area contributed by atoms with Gasteiger partial charge in [0.25, 0.3) is 5.91 Å². The van der Waals surface area contributed by atoms with Gasteiger partial charge in [-0.3, -0.25) is 14.4 Å². The molecule has 0 unspecified atom stereocenters. The number of nitrogens with one attached hydrogen (secondary N) is 2. The Morgan fingerprint density at radius 3 is 2.43 bits per heavy atom. The number of carboxylic acids is 1. The number of H-pyrrole nitrogens is 1. The van der Waals surface area contributed by atoms with Crippen molar-refractivity contribution in [3.05, 3.63) is 99.8 Å². The number of aromatic nitrogens is 1. The number of aromatic hydroxyl groups is 1. The first-order chi connectivity index (χ1) is 16.7. The van der Waals surface area contributed by atoms with E-state index in [-0.39, 0.29) is 34.5 Å². The van der Waals surface area contributed by atoms with Crippen molar-refractivity contribution in [1.29, 1.82) is 0 Å². The van der Waals surface area contributed by atoms with Gasteiger partial charge in [-0.25, -0.2) is 4.79 Å². The maximum Gasteiger partial charge on any atom is 0.341 e. The first kappa shape index (κ1) is 23.4. The number of carbonyl (C=O) groups is 3. The zero-order valence-corrected chi connectivity index (χ0v) is 18.7. The number of hydrogen-bond donors (Lipinski definition) is 4. The minimum atomic E-state index is -1.34. The summed E-state index contributed by atoms with van der Waals surface area (Å²) in [7, 11) is 0. The number of amides is 1. The highest BCUT2D eigenvalue weighted by Crippen LogP contribution is 2.29. The molecule has 1 aromatic heterocycles. The molecule has 4 aromatic rings. The van der Waals surface area contributed by atoms with Gasteiger partial charge in [-0.2, -0.15) is 0 Å². The predicted molar refractivity (Wildman–Crippen MR) is 131 cm³/mol. The first-order valence-electron chi connectivity index (χ1n) is 10.8. The lowest BCUT2D eigenvalue weighted by Crippen LogP contribution is -2.39. The van der Waals surface area contributed by atoms with Crippen LogP contribution in [0.2, 0.25) is 0 Å². The minimum Gasteiger partial charge on any atom is -0.507 e. The summed E-state index contributed by atoms with van der Waals surface area (Å²) in [4.78, 5) is 51.8. The summed E-state index contributed by atoms with van der Waals surface area (Å²) in [5, 5.41) is 22.3. The number of Topliss-reactive ketones (excluding diaryl/α,β-unsaturated/α-hetero) is 1. The summed E-state index contributed by atoms with van der Waals surface area (Å²) >= 11 is 0. The fraction of sp³-hybridized carbons (Fsp3) is 0.111. The average Bonchev–Trinajstić information content (AvgIpc) is 2.84. The van der Waals surface area contributed by atoms with E-state index in [2.05, 4.69) is 10.3 Å². The number of benzene rings is 3. The third-order valence-electron chi connectivity index (χ3n) is 5.73. The van der Waals surface area contributed by atoms with Crippen LogP contribution in [0, 0.1) is 0 Å². The molecule has 4 rings (SSSR count). The van der Waals surface area contributed by atoms with E-state index in [1.54, 1.807) is 31.2 Å². The van der Waals surface area contributed by atoms with Gasteiger partial charge in [-0.05, 0) is 48.4 Å². The lowest BCUT2D eigenvalue weighted by molar-refractivity contribution is -0.119. The van der Waals surface area contributed by atoms with Gasteiger partial charge in [0.05, 0.1) is 6.04 Å². The van der Waals surface area contributed by atoms with Crippen LogP contribution in [0.15, 0.2) is 77.7 Å². The number of ketones is 1.